The van der Waals surface area contributed by atoms with Crippen LogP contribution in [-0.4, -0.2) is 53.1 Å². The predicted molar refractivity (Wildman–Crippen MR) is 141 cm³/mol. The summed E-state index contributed by atoms with van der Waals surface area (Å²) in [4.78, 5) is 13.8. The van der Waals surface area contributed by atoms with Crippen LogP contribution in [0.4, 0.5) is 14.7 Å². The Morgan fingerprint density at radius 3 is 2.63 bits per heavy atom. The number of hydrogen-bond acceptors (Lipinski definition) is 9. The Morgan fingerprint density at radius 1 is 1.18 bits per heavy atom. The molecule has 0 bridgehead atoms. The highest BCUT2D eigenvalue weighted by molar-refractivity contribution is 7.90. The molecule has 0 saturated carbocycles. The van der Waals surface area contributed by atoms with Crippen molar-refractivity contribution in [3.05, 3.63) is 64.6 Å². The lowest BCUT2D eigenvalue weighted by Crippen LogP contribution is -2.39. The molecule has 5 rings (SSSR count). The fourth-order valence-corrected chi connectivity index (χ4v) is 5.68. The van der Waals surface area contributed by atoms with Crippen LogP contribution in [0.25, 0.3) is 11.3 Å². The molecule has 0 saturated heterocycles. The van der Waals surface area contributed by atoms with Gasteiger partial charge in [-0.1, -0.05) is 13.0 Å². The maximum absolute atomic E-state index is 14.5. The van der Waals surface area contributed by atoms with Gasteiger partial charge in [0.05, 0.1) is 33.8 Å². The molecule has 12 heteroatoms. The van der Waals surface area contributed by atoms with Crippen LogP contribution >= 0.6 is 0 Å². The molecule has 2 aliphatic rings. The van der Waals surface area contributed by atoms with Crippen LogP contribution in [-0.2, 0) is 15.3 Å². The summed E-state index contributed by atoms with van der Waals surface area (Å²) in [6.07, 6.45) is 4.79. The minimum Gasteiger partial charge on any atom is -0.281 e. The summed E-state index contributed by atoms with van der Waals surface area (Å²) in [5, 5.41) is 10.5. The number of benzene rings is 1. The highest BCUT2D eigenvalue weighted by Gasteiger charge is 2.41. The Balaban J connectivity index is 1.49. The predicted octanol–water partition coefficient (Wildman–Crippen LogP) is 3.84. The normalized spacial score (nSPS) is 21.2. The average molecular weight is 542 g/mol. The quantitative estimate of drug-likeness (QED) is 0.501. The largest absolute Gasteiger partial charge is 0.281 e. The molecule has 3 heterocycles. The van der Waals surface area contributed by atoms with Gasteiger partial charge >= 0.3 is 0 Å². The van der Waals surface area contributed by atoms with Gasteiger partial charge in [-0.05, 0) is 61.9 Å². The maximum atomic E-state index is 14.5. The zero-order valence-electron chi connectivity index (χ0n) is 21.7. The van der Waals surface area contributed by atoms with E-state index >= 15 is 0 Å². The summed E-state index contributed by atoms with van der Waals surface area (Å²) in [6.45, 7) is 6.32. The molecule has 0 amide bonds. The summed E-state index contributed by atoms with van der Waals surface area (Å²) in [5.41, 5.74) is 5.73. The highest BCUT2D eigenvalue weighted by Crippen LogP contribution is 2.46. The molecule has 1 aromatic carbocycles. The molecule has 1 aliphatic heterocycles. The Labute approximate surface area is 220 Å². The number of hydrogen-bond donors (Lipinski definition) is 1. The number of aryl methyl sites for hydroxylation is 1. The van der Waals surface area contributed by atoms with Crippen LogP contribution < -0.4 is 10.4 Å². The molecular formula is C26H29F2N7O2S. The van der Waals surface area contributed by atoms with Crippen LogP contribution in [0, 0.1) is 18.6 Å². The highest BCUT2D eigenvalue weighted by atomic mass is 32.2. The van der Waals surface area contributed by atoms with Crippen molar-refractivity contribution in [3.63, 3.8) is 0 Å². The van der Waals surface area contributed by atoms with Gasteiger partial charge in [0.1, 0.15) is 34.0 Å². The van der Waals surface area contributed by atoms with E-state index in [9.17, 15) is 17.2 Å². The molecule has 200 valence electrons. The monoisotopic (exact) mass is 541 g/mol. The molecule has 2 atom stereocenters. The minimum absolute atomic E-state index is 0.00282. The summed E-state index contributed by atoms with van der Waals surface area (Å²) in [5.74, 6) is -0.283. The number of nitrogens with one attached hydrogen (secondary N) is 1. The van der Waals surface area contributed by atoms with Crippen molar-refractivity contribution < 1.29 is 17.2 Å². The fraction of sp³-hybridized carbons (Fsp3) is 0.423. The summed E-state index contributed by atoms with van der Waals surface area (Å²) in [6, 6.07) is 5.49. The second kappa shape index (κ2) is 9.64. The number of sulfone groups is 1. The zero-order chi connectivity index (χ0) is 27.2. The van der Waals surface area contributed by atoms with E-state index in [1.807, 2.05) is 6.92 Å². The third-order valence-electron chi connectivity index (χ3n) is 7.27. The van der Waals surface area contributed by atoms with Crippen molar-refractivity contribution in [1.82, 2.24) is 25.6 Å². The van der Waals surface area contributed by atoms with Gasteiger partial charge in [0.25, 0.3) is 0 Å². The van der Waals surface area contributed by atoms with Crippen molar-refractivity contribution in [2.75, 3.05) is 23.7 Å². The molecular weight excluding hydrogens is 512 g/mol. The van der Waals surface area contributed by atoms with E-state index in [0.717, 1.165) is 35.4 Å². The average Bonchev–Trinajstić information content (AvgIpc) is 3.34. The van der Waals surface area contributed by atoms with Gasteiger partial charge < -0.3 is 0 Å². The van der Waals surface area contributed by atoms with E-state index in [0.29, 0.717) is 11.8 Å². The molecule has 1 N–H and O–H groups in total. The van der Waals surface area contributed by atoms with Crippen molar-refractivity contribution in [2.24, 2.45) is 4.99 Å². The van der Waals surface area contributed by atoms with Crippen molar-refractivity contribution >= 4 is 21.6 Å². The third kappa shape index (κ3) is 4.84. The third-order valence-corrected chi connectivity index (χ3v) is 8.22. The van der Waals surface area contributed by atoms with Crippen LogP contribution in [0.2, 0.25) is 0 Å². The van der Waals surface area contributed by atoms with E-state index in [4.69, 9.17) is 4.98 Å². The number of aliphatic imine (C=N–C) groups is 1. The number of halogens is 2. The smallest absolute Gasteiger partial charge is 0.246 e. The van der Waals surface area contributed by atoms with E-state index in [1.165, 1.54) is 24.5 Å². The summed E-state index contributed by atoms with van der Waals surface area (Å²) < 4.78 is 52.0. The first-order valence-electron chi connectivity index (χ1n) is 12.4. The maximum Gasteiger partial charge on any atom is 0.246 e. The number of rotatable bonds is 6. The Hall–Kier alpha value is -3.54. The van der Waals surface area contributed by atoms with Gasteiger partial charge in [0, 0.05) is 18.9 Å². The second-order valence-electron chi connectivity index (χ2n) is 10.3. The van der Waals surface area contributed by atoms with Gasteiger partial charge in [0.15, 0.2) is 0 Å². The van der Waals surface area contributed by atoms with E-state index < -0.39 is 26.9 Å². The Bertz CT molecular complexity index is 1530. The van der Waals surface area contributed by atoms with Gasteiger partial charge in [0.2, 0.25) is 5.95 Å². The second-order valence-corrected chi connectivity index (χ2v) is 12.5. The lowest BCUT2D eigenvalue weighted by atomic mass is 9.68. The van der Waals surface area contributed by atoms with Crippen LogP contribution in [0.3, 0.4) is 0 Å². The lowest BCUT2D eigenvalue weighted by molar-refractivity contribution is 0.402. The van der Waals surface area contributed by atoms with Crippen molar-refractivity contribution in [3.8, 4) is 11.3 Å². The molecule has 0 unspecified atom stereocenters. The van der Waals surface area contributed by atoms with Crippen LogP contribution in [0.15, 0.2) is 35.5 Å². The standard InChI is InChI=1S/C26H29F2N7O2S/c1-15-8-10-26(3,24-17(15)12-20(32-33-24)22-18(27)6-5-7-19(22)28)23-16(2)13-29-25(31-23)35-14-30-21(34-35)9-11-38(4,36)37/h5-7,12-13,15H,8-11,14H2,1-4H3,(H,30,34)/t15-,26+/m0/s1. The first-order chi connectivity index (χ1) is 18.0. The lowest BCUT2D eigenvalue weighted by Gasteiger charge is -2.37. The molecule has 1 aliphatic carbocycles. The van der Waals surface area contributed by atoms with Crippen LogP contribution in [0.1, 0.15) is 61.5 Å². The van der Waals surface area contributed by atoms with Gasteiger partial charge in [-0.2, -0.15) is 5.10 Å². The number of nitrogens with zero attached hydrogens (tertiary/aromatic N) is 6. The number of amidine groups is 1. The number of anilines is 1. The van der Waals surface area contributed by atoms with Gasteiger partial charge in [-0.25, -0.2) is 37.2 Å². The van der Waals surface area contributed by atoms with Crippen LogP contribution in [0.5, 0.6) is 0 Å². The summed E-state index contributed by atoms with van der Waals surface area (Å²) in [7, 11) is -3.11. The molecule has 2 aromatic heterocycles. The van der Waals surface area contributed by atoms with Crippen molar-refractivity contribution in [2.45, 2.75) is 51.4 Å². The number of aromatic nitrogens is 4. The van der Waals surface area contributed by atoms with Crippen molar-refractivity contribution in [1.29, 1.82) is 0 Å². The molecule has 0 spiro atoms. The number of fused-ring (bicyclic) bond motifs is 1. The molecule has 0 radical (unpaired) electrons. The minimum atomic E-state index is -3.11. The van der Waals surface area contributed by atoms with E-state index in [2.05, 4.69) is 39.4 Å². The molecule has 0 fully saturated rings. The molecule has 3 aromatic rings. The topological polar surface area (TPSA) is 113 Å². The Kier molecular flexibility index (Phi) is 6.62. The van der Waals surface area contributed by atoms with E-state index in [-0.39, 0.29) is 36.0 Å². The fourth-order valence-electron chi connectivity index (χ4n) is 5.12. The van der Waals surface area contributed by atoms with Gasteiger partial charge in [-0.15, -0.1) is 5.10 Å². The first-order valence-corrected chi connectivity index (χ1v) is 14.4. The first kappa shape index (κ1) is 26.1. The van der Waals surface area contributed by atoms with Gasteiger partial charge in [-0.3, -0.25) is 5.43 Å². The SMILES string of the molecule is Cc1cnc(N2CN=C(CCS(C)(=O)=O)N2)nc1[C@@]1(C)CC[C@H](C)c2cc(-c3c(F)cccc3F)nnc21. The Morgan fingerprint density at radius 2 is 1.92 bits per heavy atom. The molecule has 38 heavy (non-hydrogen) atoms. The number of hydrazine groups is 1. The zero-order valence-corrected chi connectivity index (χ0v) is 22.5. The van der Waals surface area contributed by atoms with E-state index in [1.54, 1.807) is 17.3 Å². The summed E-state index contributed by atoms with van der Waals surface area (Å²) >= 11 is 0. The molecule has 9 nitrogen and oxygen atoms in total.